The van der Waals surface area contributed by atoms with Gasteiger partial charge in [-0.1, -0.05) is 29.4 Å². The van der Waals surface area contributed by atoms with Gasteiger partial charge in [0.05, 0.1) is 5.75 Å². The lowest BCUT2D eigenvalue weighted by Gasteiger charge is -2.14. The van der Waals surface area contributed by atoms with Gasteiger partial charge in [-0.2, -0.15) is 0 Å². The van der Waals surface area contributed by atoms with E-state index >= 15 is 0 Å². The van der Waals surface area contributed by atoms with E-state index in [4.69, 9.17) is 5.53 Å². The number of hydrogen-bond acceptors (Lipinski definition) is 3. The van der Waals surface area contributed by atoms with Crippen molar-refractivity contribution in [3.63, 3.8) is 0 Å². The molecule has 0 saturated heterocycles. The Kier molecular flexibility index (Phi) is 3.09. The van der Waals surface area contributed by atoms with E-state index in [-0.39, 0.29) is 17.7 Å². The van der Waals surface area contributed by atoms with Crippen LogP contribution in [0.25, 0.3) is 10.4 Å². The average molecular weight is 251 g/mol. The minimum absolute atomic E-state index is 0.0354. The normalized spacial score (nSPS) is 22.9. The molecule has 0 radical (unpaired) electrons. The Bertz CT molecular complexity index is 576. The summed E-state index contributed by atoms with van der Waals surface area (Å²) in [5, 5.41) is 3.72. The molecule has 5 nitrogen and oxygen atoms in total. The first-order chi connectivity index (χ1) is 8.01. The minimum atomic E-state index is -3.08. The van der Waals surface area contributed by atoms with E-state index in [2.05, 4.69) is 10.0 Å². The first-order valence-electron chi connectivity index (χ1n) is 5.31. The van der Waals surface area contributed by atoms with Crippen molar-refractivity contribution in [1.82, 2.24) is 0 Å². The minimum Gasteiger partial charge on any atom is -0.229 e. The highest BCUT2D eigenvalue weighted by atomic mass is 32.2. The summed E-state index contributed by atoms with van der Waals surface area (Å²) in [5.41, 5.74) is 10.6. The molecule has 0 spiro atoms. The monoisotopic (exact) mass is 251 g/mol. The average Bonchev–Trinajstić information content (AvgIpc) is 2.56. The van der Waals surface area contributed by atoms with Gasteiger partial charge in [0.25, 0.3) is 0 Å². The lowest BCUT2D eigenvalue weighted by atomic mass is 10.0. The van der Waals surface area contributed by atoms with Gasteiger partial charge in [0.1, 0.15) is 9.84 Å². The van der Waals surface area contributed by atoms with Crippen LogP contribution >= 0.6 is 0 Å². The van der Waals surface area contributed by atoms with Crippen molar-refractivity contribution >= 4 is 9.84 Å². The SMILES string of the molecule is CS(=O)(=O)C[C@@H]1c2ccccc2C[C@H]1N=[N+]=[N-]. The summed E-state index contributed by atoms with van der Waals surface area (Å²) in [7, 11) is -3.08. The van der Waals surface area contributed by atoms with E-state index in [1.54, 1.807) is 0 Å². The zero-order chi connectivity index (χ0) is 12.5. The zero-order valence-corrected chi connectivity index (χ0v) is 10.3. The highest BCUT2D eigenvalue weighted by Gasteiger charge is 2.33. The van der Waals surface area contributed by atoms with Crippen molar-refractivity contribution in [3.8, 4) is 0 Å². The molecule has 1 aliphatic carbocycles. The molecule has 0 unspecified atom stereocenters. The van der Waals surface area contributed by atoms with Crippen LogP contribution in [0.2, 0.25) is 0 Å². The molecule has 0 aliphatic heterocycles. The van der Waals surface area contributed by atoms with Crippen molar-refractivity contribution in [2.24, 2.45) is 5.11 Å². The molecule has 6 heteroatoms. The third kappa shape index (κ3) is 2.60. The van der Waals surface area contributed by atoms with Gasteiger partial charge in [0, 0.05) is 23.1 Å². The maximum atomic E-state index is 11.4. The molecule has 0 fully saturated rings. The number of benzene rings is 1. The van der Waals surface area contributed by atoms with Crippen molar-refractivity contribution in [2.75, 3.05) is 12.0 Å². The first-order valence-corrected chi connectivity index (χ1v) is 7.37. The van der Waals surface area contributed by atoms with Crippen molar-refractivity contribution in [2.45, 2.75) is 18.4 Å². The van der Waals surface area contributed by atoms with Crippen LogP contribution in [0.15, 0.2) is 29.4 Å². The lowest BCUT2D eigenvalue weighted by molar-refractivity contribution is 0.571. The van der Waals surface area contributed by atoms with Crippen LogP contribution in [-0.2, 0) is 16.3 Å². The van der Waals surface area contributed by atoms with Gasteiger partial charge in [-0.15, -0.1) is 0 Å². The second-order valence-electron chi connectivity index (χ2n) is 4.37. The van der Waals surface area contributed by atoms with Crippen LogP contribution in [0.5, 0.6) is 0 Å². The highest BCUT2D eigenvalue weighted by molar-refractivity contribution is 7.90. The highest BCUT2D eigenvalue weighted by Crippen LogP contribution is 2.36. The Morgan fingerprint density at radius 1 is 1.47 bits per heavy atom. The molecule has 1 aromatic carbocycles. The summed E-state index contributed by atoms with van der Waals surface area (Å²) in [5.74, 6) is -0.176. The Labute approximate surface area is 100 Å². The van der Waals surface area contributed by atoms with E-state index in [9.17, 15) is 8.42 Å². The van der Waals surface area contributed by atoms with Gasteiger partial charge in [0.2, 0.25) is 0 Å². The summed E-state index contributed by atoms with van der Waals surface area (Å²) < 4.78 is 22.8. The largest absolute Gasteiger partial charge is 0.229 e. The molecular formula is C11H13N3O2S. The Morgan fingerprint density at radius 2 is 2.18 bits per heavy atom. The van der Waals surface area contributed by atoms with Crippen LogP contribution in [0.3, 0.4) is 0 Å². The van der Waals surface area contributed by atoms with Crippen LogP contribution in [0, 0.1) is 0 Å². The number of azide groups is 1. The van der Waals surface area contributed by atoms with E-state index in [1.165, 1.54) is 6.26 Å². The van der Waals surface area contributed by atoms with Gasteiger partial charge in [0.15, 0.2) is 0 Å². The van der Waals surface area contributed by atoms with E-state index in [0.717, 1.165) is 11.1 Å². The predicted octanol–water partition coefficient (Wildman–Crippen LogP) is 2.05. The molecular weight excluding hydrogens is 238 g/mol. The summed E-state index contributed by atoms with van der Waals surface area (Å²) in [4.78, 5) is 2.81. The molecule has 2 rings (SSSR count). The third-order valence-corrected chi connectivity index (χ3v) is 3.99. The van der Waals surface area contributed by atoms with Crippen LogP contribution in [-0.4, -0.2) is 26.5 Å². The summed E-state index contributed by atoms with van der Waals surface area (Å²) in [6, 6.07) is 7.38. The number of sulfone groups is 1. The van der Waals surface area contributed by atoms with E-state index < -0.39 is 9.84 Å². The molecule has 1 aliphatic rings. The quantitative estimate of drug-likeness (QED) is 0.468. The molecule has 17 heavy (non-hydrogen) atoms. The molecule has 0 amide bonds. The lowest BCUT2D eigenvalue weighted by Crippen LogP contribution is -2.20. The molecule has 1 aromatic rings. The number of rotatable bonds is 3. The molecule has 0 saturated carbocycles. The van der Waals surface area contributed by atoms with Gasteiger partial charge >= 0.3 is 0 Å². The Hall–Kier alpha value is -1.52. The Balaban J connectivity index is 2.40. The molecule has 0 bridgehead atoms. The summed E-state index contributed by atoms with van der Waals surface area (Å²) >= 11 is 0. The molecule has 0 heterocycles. The number of hydrogen-bond donors (Lipinski definition) is 0. The fourth-order valence-corrected chi connectivity index (χ4v) is 3.43. The molecule has 90 valence electrons. The first kappa shape index (κ1) is 12.0. The van der Waals surface area contributed by atoms with Gasteiger partial charge < -0.3 is 0 Å². The molecule has 0 aromatic heterocycles. The fraction of sp³-hybridized carbons (Fsp3) is 0.455. The fourth-order valence-electron chi connectivity index (χ4n) is 2.37. The van der Waals surface area contributed by atoms with Gasteiger partial charge in [-0.25, -0.2) is 8.42 Å². The predicted molar refractivity (Wildman–Crippen MR) is 65.5 cm³/mol. The number of fused-ring (bicyclic) bond motifs is 1. The van der Waals surface area contributed by atoms with Crippen molar-refractivity contribution in [1.29, 1.82) is 0 Å². The smallest absolute Gasteiger partial charge is 0.148 e. The van der Waals surface area contributed by atoms with Gasteiger partial charge in [-0.05, 0) is 23.1 Å². The van der Waals surface area contributed by atoms with Crippen molar-refractivity contribution < 1.29 is 8.42 Å². The number of nitrogens with zero attached hydrogens (tertiary/aromatic N) is 3. The second-order valence-corrected chi connectivity index (χ2v) is 6.56. The van der Waals surface area contributed by atoms with E-state index in [1.807, 2.05) is 24.3 Å². The van der Waals surface area contributed by atoms with Crippen molar-refractivity contribution in [3.05, 3.63) is 45.8 Å². The summed E-state index contributed by atoms with van der Waals surface area (Å²) in [6.45, 7) is 0. The molecule has 2 atom stereocenters. The third-order valence-electron chi connectivity index (χ3n) is 3.03. The maximum Gasteiger partial charge on any atom is 0.148 e. The second kappa shape index (κ2) is 4.39. The van der Waals surface area contributed by atoms with E-state index in [0.29, 0.717) is 6.42 Å². The van der Waals surface area contributed by atoms with Crippen LogP contribution < -0.4 is 0 Å². The zero-order valence-electron chi connectivity index (χ0n) is 9.44. The topological polar surface area (TPSA) is 82.9 Å². The molecule has 0 N–H and O–H groups in total. The van der Waals surface area contributed by atoms with Gasteiger partial charge in [-0.3, -0.25) is 0 Å². The standard InChI is InChI=1S/C11H13N3O2S/c1-17(15,16)7-10-9-5-3-2-4-8(9)6-11(10)13-14-12/h2-5,10-11H,6-7H2,1H3/t10-,11-/m1/s1. The van der Waals surface area contributed by atoms with Crippen LogP contribution in [0.4, 0.5) is 0 Å². The van der Waals surface area contributed by atoms with Crippen LogP contribution in [0.1, 0.15) is 17.0 Å². The maximum absolute atomic E-state index is 11.4. The summed E-state index contributed by atoms with van der Waals surface area (Å²) in [6.07, 6.45) is 1.83. The Morgan fingerprint density at radius 3 is 2.82 bits per heavy atom.